The number of benzene rings is 2. The summed E-state index contributed by atoms with van der Waals surface area (Å²) in [7, 11) is -3.73. The Bertz CT molecular complexity index is 801. The highest BCUT2D eigenvalue weighted by molar-refractivity contribution is 7.89. The molecule has 1 aliphatic rings. The predicted octanol–water partition coefficient (Wildman–Crippen LogP) is 4.44. The van der Waals surface area contributed by atoms with Crippen molar-refractivity contribution in [3.05, 3.63) is 78.1 Å². The second-order valence-electron chi connectivity index (χ2n) is 5.76. The molecule has 1 heterocycles. The summed E-state index contributed by atoms with van der Waals surface area (Å²) in [5.41, 5.74) is 0.892. The van der Waals surface area contributed by atoms with E-state index in [4.69, 9.17) is 4.84 Å². The minimum atomic E-state index is -3.73. The topological polar surface area (TPSA) is 46.6 Å². The van der Waals surface area contributed by atoms with Crippen molar-refractivity contribution in [2.45, 2.75) is 37.1 Å². The van der Waals surface area contributed by atoms with Crippen molar-refractivity contribution in [1.82, 2.24) is 4.47 Å². The van der Waals surface area contributed by atoms with E-state index >= 15 is 0 Å². The van der Waals surface area contributed by atoms with Crippen LogP contribution in [-0.2, 0) is 14.9 Å². The fourth-order valence-corrected chi connectivity index (χ4v) is 4.07. The molecular weight excluding hydrogens is 322 g/mol. The molecule has 1 unspecified atom stereocenters. The summed E-state index contributed by atoms with van der Waals surface area (Å²) in [5.74, 6) is 0.713. The first-order valence-electron chi connectivity index (χ1n) is 8.16. The van der Waals surface area contributed by atoms with Crippen molar-refractivity contribution in [2.24, 2.45) is 0 Å². The SMILES string of the molecule is CCCCC1=CC(c2ccccc2)N(S(=O)(=O)c2ccccc2)O1. The molecule has 1 aliphatic heterocycles. The molecule has 0 saturated carbocycles. The lowest BCUT2D eigenvalue weighted by Gasteiger charge is -2.23. The smallest absolute Gasteiger partial charge is 0.274 e. The normalized spacial score (nSPS) is 18.2. The lowest BCUT2D eigenvalue weighted by molar-refractivity contribution is -0.0354. The first-order chi connectivity index (χ1) is 11.6. The summed E-state index contributed by atoms with van der Waals surface area (Å²) in [5, 5.41) is 0. The van der Waals surface area contributed by atoms with Crippen LogP contribution in [0.3, 0.4) is 0 Å². The van der Waals surface area contributed by atoms with E-state index < -0.39 is 16.1 Å². The van der Waals surface area contributed by atoms with Gasteiger partial charge in [0.1, 0.15) is 11.8 Å². The molecule has 4 nitrogen and oxygen atoms in total. The maximum Gasteiger partial charge on any atom is 0.274 e. The first-order valence-corrected chi connectivity index (χ1v) is 9.60. The molecule has 2 aromatic carbocycles. The zero-order valence-electron chi connectivity index (χ0n) is 13.6. The van der Waals surface area contributed by atoms with Gasteiger partial charge in [0.25, 0.3) is 10.0 Å². The van der Waals surface area contributed by atoms with E-state index in [0.717, 1.165) is 29.3 Å². The van der Waals surface area contributed by atoms with Crippen molar-refractivity contribution in [3.8, 4) is 0 Å². The average Bonchev–Trinajstić information content (AvgIpc) is 3.06. The molecule has 0 fully saturated rings. The van der Waals surface area contributed by atoms with Crippen molar-refractivity contribution >= 4 is 10.0 Å². The van der Waals surface area contributed by atoms with E-state index in [-0.39, 0.29) is 4.90 Å². The van der Waals surface area contributed by atoms with Gasteiger partial charge >= 0.3 is 0 Å². The minimum Gasteiger partial charge on any atom is -0.395 e. The summed E-state index contributed by atoms with van der Waals surface area (Å²) >= 11 is 0. The Morgan fingerprint density at radius 3 is 2.25 bits per heavy atom. The van der Waals surface area contributed by atoms with Gasteiger partial charge in [-0.2, -0.15) is 0 Å². The molecule has 0 saturated heterocycles. The van der Waals surface area contributed by atoms with Crippen molar-refractivity contribution in [2.75, 3.05) is 0 Å². The fourth-order valence-electron chi connectivity index (χ4n) is 2.68. The number of unbranched alkanes of at least 4 members (excludes halogenated alkanes) is 1. The summed E-state index contributed by atoms with van der Waals surface area (Å²) in [4.78, 5) is 5.99. The number of hydrogen-bond acceptors (Lipinski definition) is 3. The minimum absolute atomic E-state index is 0.232. The number of hydrogen-bond donors (Lipinski definition) is 0. The Labute approximate surface area is 143 Å². The molecule has 0 radical (unpaired) electrons. The molecule has 0 N–H and O–H groups in total. The number of nitrogens with zero attached hydrogens (tertiary/aromatic N) is 1. The van der Waals surface area contributed by atoms with Gasteiger partial charge in [0.05, 0.1) is 4.90 Å². The molecule has 1 atom stereocenters. The zero-order valence-corrected chi connectivity index (χ0v) is 14.4. The Kier molecular flexibility index (Phi) is 5.02. The molecule has 126 valence electrons. The van der Waals surface area contributed by atoms with Gasteiger partial charge in [-0.15, -0.1) is 0 Å². The standard InChI is InChI=1S/C19H21NO3S/c1-2-3-12-17-15-19(16-10-6-4-7-11-16)20(23-17)24(21,22)18-13-8-5-9-14-18/h4-11,13-15,19H,2-3,12H2,1H3. The molecule has 2 aromatic rings. The highest BCUT2D eigenvalue weighted by Crippen LogP contribution is 2.37. The molecular formula is C19H21NO3S. The third kappa shape index (κ3) is 3.37. The van der Waals surface area contributed by atoms with Gasteiger partial charge in [-0.25, -0.2) is 8.42 Å². The maximum atomic E-state index is 13.0. The van der Waals surface area contributed by atoms with Gasteiger partial charge < -0.3 is 4.84 Å². The fraction of sp³-hybridized carbons (Fsp3) is 0.263. The van der Waals surface area contributed by atoms with E-state index in [0.29, 0.717) is 5.76 Å². The lowest BCUT2D eigenvalue weighted by Crippen LogP contribution is -2.30. The Morgan fingerprint density at radius 2 is 1.62 bits per heavy atom. The van der Waals surface area contributed by atoms with E-state index in [2.05, 4.69) is 6.92 Å². The number of hydroxylamine groups is 1. The van der Waals surface area contributed by atoms with Crippen LogP contribution in [0.5, 0.6) is 0 Å². The van der Waals surface area contributed by atoms with E-state index in [9.17, 15) is 8.42 Å². The van der Waals surface area contributed by atoms with Crippen LogP contribution in [-0.4, -0.2) is 12.9 Å². The van der Waals surface area contributed by atoms with Crippen LogP contribution in [0.25, 0.3) is 0 Å². The van der Waals surface area contributed by atoms with Crippen LogP contribution in [0.2, 0.25) is 0 Å². The summed E-state index contributed by atoms with van der Waals surface area (Å²) in [6.07, 6.45) is 4.64. The van der Waals surface area contributed by atoms with Gasteiger partial charge in [-0.1, -0.05) is 61.9 Å². The van der Waals surface area contributed by atoms with Gasteiger partial charge in [-0.3, -0.25) is 0 Å². The van der Waals surface area contributed by atoms with E-state index in [1.165, 1.54) is 0 Å². The van der Waals surface area contributed by atoms with E-state index in [1.807, 2.05) is 36.4 Å². The van der Waals surface area contributed by atoms with Crippen molar-refractivity contribution in [3.63, 3.8) is 0 Å². The second-order valence-corrected chi connectivity index (χ2v) is 7.54. The lowest BCUT2D eigenvalue weighted by atomic mass is 10.1. The van der Waals surface area contributed by atoms with Gasteiger partial charge in [0.15, 0.2) is 0 Å². The molecule has 5 heteroatoms. The summed E-state index contributed by atoms with van der Waals surface area (Å²) in [6, 6.07) is 17.5. The molecule has 0 bridgehead atoms. The second kappa shape index (κ2) is 7.20. The van der Waals surface area contributed by atoms with Crippen LogP contribution >= 0.6 is 0 Å². The van der Waals surface area contributed by atoms with Crippen molar-refractivity contribution < 1.29 is 13.3 Å². The van der Waals surface area contributed by atoms with Crippen LogP contribution in [0.15, 0.2) is 77.4 Å². The Morgan fingerprint density at radius 1 is 1.00 bits per heavy atom. The molecule has 0 amide bonds. The van der Waals surface area contributed by atoms with Gasteiger partial charge in [0, 0.05) is 6.42 Å². The highest BCUT2D eigenvalue weighted by Gasteiger charge is 2.38. The summed E-state index contributed by atoms with van der Waals surface area (Å²) < 4.78 is 27.1. The molecule has 24 heavy (non-hydrogen) atoms. The van der Waals surface area contributed by atoms with Crippen LogP contribution in [0.1, 0.15) is 37.8 Å². The maximum absolute atomic E-state index is 13.0. The Balaban J connectivity index is 1.96. The number of allylic oxidation sites excluding steroid dienone is 1. The number of sulfonamides is 1. The molecule has 0 aliphatic carbocycles. The first kappa shape index (κ1) is 16.7. The number of rotatable bonds is 6. The quantitative estimate of drug-likeness (QED) is 0.779. The largest absolute Gasteiger partial charge is 0.395 e. The monoisotopic (exact) mass is 343 g/mol. The van der Waals surface area contributed by atoms with E-state index in [1.54, 1.807) is 30.3 Å². The molecule has 0 aromatic heterocycles. The molecule has 0 spiro atoms. The molecule has 3 rings (SSSR count). The van der Waals surface area contributed by atoms with Crippen LogP contribution in [0, 0.1) is 0 Å². The Hall–Kier alpha value is -2.11. The van der Waals surface area contributed by atoms with Crippen LogP contribution < -0.4 is 0 Å². The van der Waals surface area contributed by atoms with Crippen molar-refractivity contribution in [1.29, 1.82) is 0 Å². The summed E-state index contributed by atoms with van der Waals surface area (Å²) in [6.45, 7) is 2.10. The van der Waals surface area contributed by atoms with Crippen LogP contribution in [0.4, 0.5) is 0 Å². The third-order valence-corrected chi connectivity index (χ3v) is 5.62. The van der Waals surface area contributed by atoms with Gasteiger partial charge in [-0.05, 0) is 34.7 Å². The predicted molar refractivity (Wildman–Crippen MR) is 93.3 cm³/mol. The van der Waals surface area contributed by atoms with Gasteiger partial charge in [0.2, 0.25) is 0 Å². The highest BCUT2D eigenvalue weighted by atomic mass is 32.2. The average molecular weight is 343 g/mol. The third-order valence-electron chi connectivity index (χ3n) is 3.97. The zero-order chi connectivity index (χ0) is 17.0.